The Labute approximate surface area is 141 Å². The highest BCUT2D eigenvalue weighted by molar-refractivity contribution is 5.94. The summed E-state index contributed by atoms with van der Waals surface area (Å²) in [6.07, 6.45) is 6.66. The molecule has 0 unspecified atom stereocenters. The van der Waals surface area contributed by atoms with Crippen molar-refractivity contribution < 1.29 is 14.4 Å². The van der Waals surface area contributed by atoms with E-state index in [1.165, 1.54) is 12.6 Å². The van der Waals surface area contributed by atoms with Crippen molar-refractivity contribution >= 4 is 23.5 Å². The summed E-state index contributed by atoms with van der Waals surface area (Å²) in [5.74, 6) is -0.285. The second kappa shape index (κ2) is 9.49. The monoisotopic (exact) mass is 333 g/mol. The van der Waals surface area contributed by atoms with E-state index in [0.717, 1.165) is 25.9 Å². The number of aromatic nitrogens is 1. The molecule has 24 heavy (non-hydrogen) atoms. The van der Waals surface area contributed by atoms with Crippen LogP contribution in [0.25, 0.3) is 0 Å². The molecule has 1 aromatic rings. The molecule has 8 heteroatoms. The maximum absolute atomic E-state index is 11.9. The Hall–Kier alpha value is -2.64. The lowest BCUT2D eigenvalue weighted by Gasteiger charge is -2.26. The van der Waals surface area contributed by atoms with Gasteiger partial charge in [0.2, 0.25) is 11.8 Å². The van der Waals surface area contributed by atoms with Crippen molar-refractivity contribution in [1.29, 1.82) is 0 Å². The third-order valence-electron chi connectivity index (χ3n) is 3.69. The Morgan fingerprint density at radius 1 is 1.12 bits per heavy atom. The number of amides is 4. The fourth-order valence-electron chi connectivity index (χ4n) is 2.45. The first-order valence-corrected chi connectivity index (χ1v) is 8.14. The zero-order valence-electron chi connectivity index (χ0n) is 13.6. The molecule has 2 rings (SSSR count). The SMILES string of the molecule is O=C(CNC(=O)NCCC(=O)N1CCCCC1)Nc1cccnc1. The van der Waals surface area contributed by atoms with E-state index in [1.807, 2.05) is 4.90 Å². The van der Waals surface area contributed by atoms with Crippen molar-refractivity contribution in [3.05, 3.63) is 24.5 Å². The molecule has 0 bridgehead atoms. The van der Waals surface area contributed by atoms with Gasteiger partial charge in [0, 0.05) is 32.3 Å². The third-order valence-corrected chi connectivity index (χ3v) is 3.69. The lowest BCUT2D eigenvalue weighted by atomic mass is 10.1. The molecule has 8 nitrogen and oxygen atoms in total. The second-order valence-corrected chi connectivity index (χ2v) is 5.59. The third kappa shape index (κ3) is 6.23. The molecule has 1 aromatic heterocycles. The summed E-state index contributed by atoms with van der Waals surface area (Å²) in [7, 11) is 0. The topological polar surface area (TPSA) is 103 Å². The summed E-state index contributed by atoms with van der Waals surface area (Å²) in [6, 6.07) is 2.94. The summed E-state index contributed by atoms with van der Waals surface area (Å²) < 4.78 is 0. The number of hydrogen-bond donors (Lipinski definition) is 3. The van der Waals surface area contributed by atoms with E-state index < -0.39 is 6.03 Å². The van der Waals surface area contributed by atoms with Crippen LogP contribution >= 0.6 is 0 Å². The predicted octanol–water partition coefficient (Wildman–Crippen LogP) is 0.722. The average Bonchev–Trinajstić information content (AvgIpc) is 2.61. The molecule has 0 spiro atoms. The smallest absolute Gasteiger partial charge is 0.315 e. The van der Waals surface area contributed by atoms with Gasteiger partial charge in [0.05, 0.1) is 18.4 Å². The molecule has 0 aliphatic carbocycles. The minimum Gasteiger partial charge on any atom is -0.343 e. The van der Waals surface area contributed by atoms with Crippen molar-refractivity contribution in [2.45, 2.75) is 25.7 Å². The van der Waals surface area contributed by atoms with Gasteiger partial charge < -0.3 is 20.9 Å². The molecule has 4 amide bonds. The molecule has 1 aliphatic rings. The number of hydrogen-bond acceptors (Lipinski definition) is 4. The lowest BCUT2D eigenvalue weighted by Crippen LogP contribution is -2.42. The Bertz CT molecular complexity index is 558. The number of carbonyl (C=O) groups excluding carboxylic acids is 3. The molecule has 3 N–H and O–H groups in total. The summed E-state index contributed by atoms with van der Waals surface area (Å²) in [5.41, 5.74) is 0.567. The van der Waals surface area contributed by atoms with Crippen molar-refractivity contribution in [3.8, 4) is 0 Å². The molecule has 1 fully saturated rings. The summed E-state index contributed by atoms with van der Waals surface area (Å²) >= 11 is 0. The molecule has 0 saturated carbocycles. The van der Waals surface area contributed by atoms with Crippen LogP contribution in [0, 0.1) is 0 Å². The van der Waals surface area contributed by atoms with Gasteiger partial charge in [0.25, 0.3) is 0 Å². The molecule has 130 valence electrons. The number of nitrogens with zero attached hydrogens (tertiary/aromatic N) is 2. The minimum absolute atomic E-state index is 0.0596. The number of urea groups is 1. The fraction of sp³-hybridized carbons (Fsp3) is 0.500. The maximum Gasteiger partial charge on any atom is 0.315 e. The van der Waals surface area contributed by atoms with Gasteiger partial charge >= 0.3 is 6.03 Å². The second-order valence-electron chi connectivity index (χ2n) is 5.59. The Kier molecular flexibility index (Phi) is 7.00. The van der Waals surface area contributed by atoms with Crippen LogP contribution in [-0.4, -0.2) is 53.9 Å². The average molecular weight is 333 g/mol. The predicted molar refractivity (Wildman–Crippen MR) is 89.3 cm³/mol. The van der Waals surface area contributed by atoms with E-state index in [9.17, 15) is 14.4 Å². The van der Waals surface area contributed by atoms with Gasteiger partial charge in [-0.1, -0.05) is 0 Å². The van der Waals surface area contributed by atoms with Crippen LogP contribution in [-0.2, 0) is 9.59 Å². The normalized spacial score (nSPS) is 13.9. The van der Waals surface area contributed by atoms with E-state index in [-0.39, 0.29) is 31.3 Å². The van der Waals surface area contributed by atoms with E-state index in [0.29, 0.717) is 5.69 Å². The van der Waals surface area contributed by atoms with Crippen molar-refractivity contribution in [2.75, 3.05) is 31.5 Å². The number of anilines is 1. The number of carbonyl (C=O) groups is 3. The number of nitrogens with one attached hydrogen (secondary N) is 3. The summed E-state index contributed by atoms with van der Waals surface area (Å²) in [5, 5.41) is 7.64. The summed E-state index contributed by atoms with van der Waals surface area (Å²) in [4.78, 5) is 40.9. The van der Waals surface area contributed by atoms with Crippen LogP contribution in [0.3, 0.4) is 0 Å². The maximum atomic E-state index is 11.9. The lowest BCUT2D eigenvalue weighted by molar-refractivity contribution is -0.131. The van der Waals surface area contributed by atoms with Crippen LogP contribution in [0.1, 0.15) is 25.7 Å². The Morgan fingerprint density at radius 3 is 2.62 bits per heavy atom. The highest BCUT2D eigenvalue weighted by atomic mass is 16.2. The van der Waals surface area contributed by atoms with Gasteiger partial charge in [-0.25, -0.2) is 4.79 Å². The van der Waals surface area contributed by atoms with Gasteiger partial charge in [-0.3, -0.25) is 14.6 Å². The molecule has 0 aromatic carbocycles. The Balaban J connectivity index is 1.57. The molecular formula is C16H23N5O3. The first-order valence-electron chi connectivity index (χ1n) is 8.14. The zero-order valence-corrected chi connectivity index (χ0v) is 13.6. The first-order chi connectivity index (χ1) is 11.6. The molecule has 0 atom stereocenters. The van der Waals surface area contributed by atoms with Gasteiger partial charge in [-0.05, 0) is 31.4 Å². The quantitative estimate of drug-likeness (QED) is 0.713. The number of rotatable bonds is 6. The number of pyridine rings is 1. The van der Waals surface area contributed by atoms with Crippen LogP contribution in [0.15, 0.2) is 24.5 Å². The van der Waals surface area contributed by atoms with E-state index >= 15 is 0 Å². The van der Waals surface area contributed by atoms with Gasteiger partial charge in [-0.2, -0.15) is 0 Å². The number of piperidine rings is 1. The molecule has 1 aliphatic heterocycles. The van der Waals surface area contributed by atoms with E-state index in [1.54, 1.807) is 18.3 Å². The van der Waals surface area contributed by atoms with E-state index in [2.05, 4.69) is 20.9 Å². The number of likely N-dealkylation sites (tertiary alicyclic amines) is 1. The standard InChI is InChI=1S/C16H23N5O3/c22-14(20-13-5-4-7-17-11-13)12-19-16(24)18-8-6-15(23)21-9-2-1-3-10-21/h4-5,7,11H,1-3,6,8-10,12H2,(H,20,22)(H2,18,19,24). The van der Waals surface area contributed by atoms with Gasteiger partial charge in [-0.15, -0.1) is 0 Å². The van der Waals surface area contributed by atoms with E-state index in [4.69, 9.17) is 0 Å². The van der Waals surface area contributed by atoms with Gasteiger partial charge in [0.1, 0.15) is 0 Å². The van der Waals surface area contributed by atoms with Crippen molar-refractivity contribution in [1.82, 2.24) is 20.5 Å². The summed E-state index contributed by atoms with van der Waals surface area (Å²) in [6.45, 7) is 1.71. The molecule has 1 saturated heterocycles. The highest BCUT2D eigenvalue weighted by Gasteiger charge is 2.16. The van der Waals surface area contributed by atoms with Crippen LogP contribution in [0.2, 0.25) is 0 Å². The van der Waals surface area contributed by atoms with Crippen LogP contribution in [0.5, 0.6) is 0 Å². The van der Waals surface area contributed by atoms with Crippen LogP contribution in [0.4, 0.5) is 10.5 Å². The van der Waals surface area contributed by atoms with Crippen molar-refractivity contribution in [2.24, 2.45) is 0 Å². The molecular weight excluding hydrogens is 310 g/mol. The largest absolute Gasteiger partial charge is 0.343 e. The van der Waals surface area contributed by atoms with Crippen LogP contribution < -0.4 is 16.0 Å². The van der Waals surface area contributed by atoms with Crippen molar-refractivity contribution in [3.63, 3.8) is 0 Å². The zero-order chi connectivity index (χ0) is 17.2. The first kappa shape index (κ1) is 17.7. The molecule has 0 radical (unpaired) electrons. The fourth-order valence-corrected chi connectivity index (χ4v) is 2.45. The Morgan fingerprint density at radius 2 is 1.92 bits per heavy atom. The molecule has 2 heterocycles. The highest BCUT2D eigenvalue weighted by Crippen LogP contribution is 2.09. The van der Waals surface area contributed by atoms with Gasteiger partial charge in [0.15, 0.2) is 0 Å². The minimum atomic E-state index is -0.470.